The van der Waals surface area contributed by atoms with Gasteiger partial charge in [-0.05, 0) is 112 Å². The van der Waals surface area contributed by atoms with Gasteiger partial charge in [0, 0.05) is 53.3 Å². The highest BCUT2D eigenvalue weighted by Gasteiger charge is 2.51. The van der Waals surface area contributed by atoms with E-state index in [4.69, 9.17) is 0 Å². The summed E-state index contributed by atoms with van der Waals surface area (Å²) in [5.74, 6) is -0.684. The fourth-order valence-corrected chi connectivity index (χ4v) is 16.4. The van der Waals surface area contributed by atoms with Gasteiger partial charge in [0.25, 0.3) is 0 Å². The van der Waals surface area contributed by atoms with Crippen molar-refractivity contribution in [1.29, 1.82) is 0 Å². The molecule has 0 saturated heterocycles. The molecule has 4 nitrogen and oxygen atoms in total. The molecule has 0 atom stereocenters. The maximum Gasteiger partial charge on any atom is 0.197 e. The van der Waals surface area contributed by atoms with Gasteiger partial charge in [-0.15, -0.1) is 34.0 Å². The van der Waals surface area contributed by atoms with Crippen LogP contribution in [0.25, 0.3) is 52.9 Å². The van der Waals surface area contributed by atoms with Crippen LogP contribution in [0, 0.1) is 0 Å². The molecular weight excluding hydrogens is 785 g/mol. The van der Waals surface area contributed by atoms with Crippen LogP contribution in [0.3, 0.4) is 0 Å². The first-order chi connectivity index (χ1) is 28.8. The zero-order valence-corrected chi connectivity index (χ0v) is 34.6. The number of carbonyl (C=O) groups is 4. The van der Waals surface area contributed by atoms with Gasteiger partial charge < -0.3 is 0 Å². The third-order valence-corrected chi connectivity index (χ3v) is 18.3. The highest BCUT2D eigenvalue weighted by Crippen LogP contribution is 2.67. The van der Waals surface area contributed by atoms with Crippen LogP contribution in [0.4, 0.5) is 0 Å². The molecule has 6 aliphatic rings. The van der Waals surface area contributed by atoms with E-state index in [0.717, 1.165) is 70.5 Å². The van der Waals surface area contributed by atoms with E-state index in [1.165, 1.54) is 66.4 Å². The summed E-state index contributed by atoms with van der Waals surface area (Å²) in [5, 5.41) is 3.88. The number of hydrogen-bond donors (Lipinski definition) is 0. The molecule has 4 aromatic carbocycles. The summed E-state index contributed by atoms with van der Waals surface area (Å²) in [6.07, 6.45) is 17.4. The van der Waals surface area contributed by atoms with E-state index in [9.17, 15) is 19.2 Å². The maximum absolute atomic E-state index is 14.0. The third-order valence-electron chi connectivity index (χ3n) is 14.5. The fourth-order valence-electron chi connectivity index (χ4n) is 11.8. The van der Waals surface area contributed by atoms with E-state index >= 15 is 0 Å². The summed E-state index contributed by atoms with van der Waals surface area (Å²) in [7, 11) is 0. The van der Waals surface area contributed by atoms with Gasteiger partial charge in [-0.25, -0.2) is 0 Å². The van der Waals surface area contributed by atoms with Crippen molar-refractivity contribution >= 4 is 100 Å². The Morgan fingerprint density at radius 2 is 0.949 bits per heavy atom. The Kier molecular flexibility index (Phi) is 7.09. The Balaban J connectivity index is 0.927. The minimum absolute atomic E-state index is 0.0797. The van der Waals surface area contributed by atoms with Crippen LogP contribution in [0.5, 0.6) is 0 Å². The molecule has 0 unspecified atom stereocenters. The molecule has 2 fully saturated rings. The molecule has 2 spiro atoms. The fraction of sp³-hybridized carbons (Fsp3) is 0.231. The zero-order valence-electron chi connectivity index (χ0n) is 32.2. The maximum atomic E-state index is 14.0. The summed E-state index contributed by atoms with van der Waals surface area (Å²) in [5.41, 5.74) is 7.73. The van der Waals surface area contributed by atoms with Crippen LogP contribution in [0.15, 0.2) is 102 Å². The Hall–Kier alpha value is -5.34. The molecule has 0 radical (unpaired) electrons. The molecule has 13 rings (SSSR count). The van der Waals surface area contributed by atoms with Gasteiger partial charge in [0.15, 0.2) is 23.1 Å². The van der Waals surface area contributed by atoms with Crippen molar-refractivity contribution in [2.45, 2.75) is 75.0 Å². The van der Waals surface area contributed by atoms with Crippen LogP contribution in [-0.2, 0) is 10.8 Å². The molecular formula is C52H36O4S3. The lowest BCUT2D eigenvalue weighted by Crippen LogP contribution is -2.29. The predicted octanol–water partition coefficient (Wildman–Crippen LogP) is 13.6. The van der Waals surface area contributed by atoms with E-state index < -0.39 is 0 Å². The molecule has 0 amide bonds. The van der Waals surface area contributed by atoms with Crippen LogP contribution in [0.1, 0.15) is 132 Å². The Labute approximate surface area is 352 Å². The van der Waals surface area contributed by atoms with Crippen molar-refractivity contribution in [1.82, 2.24) is 0 Å². The molecule has 286 valence electrons. The molecule has 0 N–H and O–H groups in total. The normalized spacial score (nSPS) is 19.6. The first-order valence-corrected chi connectivity index (χ1v) is 23.4. The third kappa shape index (κ3) is 4.53. The summed E-state index contributed by atoms with van der Waals surface area (Å²) in [6, 6.07) is 25.7. The van der Waals surface area contributed by atoms with Gasteiger partial charge in [0.05, 0.1) is 25.4 Å². The molecule has 2 saturated carbocycles. The summed E-state index contributed by atoms with van der Waals surface area (Å²) in [6.45, 7) is 0. The zero-order chi connectivity index (χ0) is 39.4. The lowest BCUT2D eigenvalue weighted by molar-refractivity contribution is 0.0974. The second-order valence-electron chi connectivity index (χ2n) is 17.5. The standard InChI is InChI=1S/C52H36O4S3/c53-43-33-19-27-11-3-4-12-28(27)20-34(33)44(54)37(43)23-31-24-40-41(51(31)15-7-1-8-16-51)48-50(58-40)42-49(59-48)47-39(52(42)17-9-2-10-18-52)26-32(57-47)25-38-45(55)35-21-29-13-5-6-14-30(29)22-36(35)46(38)56/h3-6,11-14,19-26H,1-2,7-10,15-18H2. The number of fused-ring (bicyclic) bond motifs is 14. The Morgan fingerprint density at radius 1 is 0.475 bits per heavy atom. The topological polar surface area (TPSA) is 68.3 Å². The van der Waals surface area contributed by atoms with Crippen molar-refractivity contribution in [2.24, 2.45) is 0 Å². The van der Waals surface area contributed by atoms with Gasteiger partial charge in [-0.2, -0.15) is 0 Å². The van der Waals surface area contributed by atoms with Gasteiger partial charge >= 0.3 is 0 Å². The van der Waals surface area contributed by atoms with Crippen molar-refractivity contribution in [2.75, 3.05) is 0 Å². The lowest BCUT2D eigenvalue weighted by atomic mass is 9.66. The van der Waals surface area contributed by atoms with Crippen molar-refractivity contribution in [3.63, 3.8) is 0 Å². The number of ketones is 4. The molecule has 7 heteroatoms. The van der Waals surface area contributed by atoms with E-state index in [1.807, 2.05) is 108 Å². The van der Waals surface area contributed by atoms with Gasteiger partial charge in [0.1, 0.15) is 0 Å². The van der Waals surface area contributed by atoms with Gasteiger partial charge in [0.2, 0.25) is 0 Å². The van der Waals surface area contributed by atoms with Gasteiger partial charge in [-0.3, -0.25) is 19.2 Å². The van der Waals surface area contributed by atoms with E-state index in [0.29, 0.717) is 27.8 Å². The summed E-state index contributed by atoms with van der Waals surface area (Å²) in [4.78, 5) is 60.6. The minimum atomic E-state index is -0.228. The molecule has 3 aromatic heterocycles. The SMILES string of the molecule is O=C1C(=CC2=Cc3sc4c5c(sc4c3C23CCCCC3)-c2sc(C=C3C(=O)c4cc6ccccc6cc4C3=O)cc2C52CCCCC2)C(=O)c2cc3ccccc3cc21. The van der Waals surface area contributed by atoms with Crippen molar-refractivity contribution < 1.29 is 19.2 Å². The van der Waals surface area contributed by atoms with Crippen LogP contribution >= 0.6 is 34.0 Å². The Bertz CT molecular complexity index is 3140. The van der Waals surface area contributed by atoms with Crippen molar-refractivity contribution in [3.05, 3.63) is 150 Å². The highest BCUT2D eigenvalue weighted by atomic mass is 32.1. The number of allylic oxidation sites excluding steroid dienone is 4. The quantitative estimate of drug-likeness (QED) is 0.129. The summed E-state index contributed by atoms with van der Waals surface area (Å²) >= 11 is 5.60. The predicted molar refractivity (Wildman–Crippen MR) is 241 cm³/mol. The number of Topliss-reactive ketones (excluding diaryl/α,β-unsaturated/α-hetero) is 4. The van der Waals surface area contributed by atoms with Crippen LogP contribution < -0.4 is 0 Å². The first kappa shape index (κ1) is 34.5. The second kappa shape index (κ2) is 12.1. The molecule has 59 heavy (non-hydrogen) atoms. The average Bonchev–Trinajstić information content (AvgIpc) is 4.11. The van der Waals surface area contributed by atoms with E-state index in [-0.39, 0.29) is 39.5 Å². The molecule has 3 heterocycles. The Morgan fingerprint density at radius 3 is 1.47 bits per heavy atom. The molecule has 7 aromatic rings. The summed E-state index contributed by atoms with van der Waals surface area (Å²) < 4.78 is 2.80. The lowest BCUT2D eigenvalue weighted by Gasteiger charge is -2.36. The average molecular weight is 821 g/mol. The number of thiophene rings is 3. The van der Waals surface area contributed by atoms with Gasteiger partial charge in [-0.1, -0.05) is 87.1 Å². The molecule has 0 bridgehead atoms. The number of rotatable bonds is 2. The van der Waals surface area contributed by atoms with Crippen LogP contribution in [0.2, 0.25) is 0 Å². The monoisotopic (exact) mass is 820 g/mol. The smallest absolute Gasteiger partial charge is 0.197 e. The van der Waals surface area contributed by atoms with E-state index in [2.05, 4.69) is 12.1 Å². The van der Waals surface area contributed by atoms with Crippen LogP contribution in [-0.4, -0.2) is 23.1 Å². The highest BCUT2D eigenvalue weighted by molar-refractivity contribution is 7.32. The number of hydrogen-bond acceptors (Lipinski definition) is 7. The number of carbonyl (C=O) groups excluding carboxylic acids is 4. The minimum Gasteiger partial charge on any atom is -0.288 e. The first-order valence-electron chi connectivity index (χ1n) is 21.0. The molecule has 6 aliphatic carbocycles. The second-order valence-corrected chi connectivity index (χ2v) is 20.7. The van der Waals surface area contributed by atoms with Crippen molar-refractivity contribution in [3.8, 4) is 9.75 Å². The number of benzene rings is 4. The largest absolute Gasteiger partial charge is 0.288 e. The van der Waals surface area contributed by atoms with E-state index in [1.54, 1.807) is 11.3 Å². The molecule has 0 aliphatic heterocycles.